The van der Waals surface area contributed by atoms with Crippen molar-refractivity contribution in [3.63, 3.8) is 0 Å². The molecule has 0 saturated carbocycles. The molecule has 25 heavy (non-hydrogen) atoms. The van der Waals surface area contributed by atoms with Gasteiger partial charge in [-0.05, 0) is 36.2 Å². The van der Waals surface area contributed by atoms with Crippen LogP contribution >= 0.6 is 0 Å². The zero-order valence-electron chi connectivity index (χ0n) is 13.9. The van der Waals surface area contributed by atoms with E-state index in [9.17, 15) is 4.79 Å². The Labute approximate surface area is 146 Å². The van der Waals surface area contributed by atoms with Gasteiger partial charge in [-0.3, -0.25) is 9.69 Å². The van der Waals surface area contributed by atoms with E-state index in [0.717, 1.165) is 26.1 Å². The number of carbonyl (C=O) groups excluding carboxylic acids is 1. The molecule has 0 aromatic heterocycles. The van der Waals surface area contributed by atoms with Gasteiger partial charge in [0.1, 0.15) is 12.4 Å². The lowest BCUT2D eigenvalue weighted by Crippen LogP contribution is -2.53. The van der Waals surface area contributed by atoms with Crippen molar-refractivity contribution in [2.24, 2.45) is 0 Å². The number of amides is 1. The van der Waals surface area contributed by atoms with Gasteiger partial charge in [0.15, 0.2) is 0 Å². The van der Waals surface area contributed by atoms with Crippen LogP contribution in [-0.2, 0) is 6.54 Å². The van der Waals surface area contributed by atoms with Crippen LogP contribution in [0.1, 0.15) is 27.9 Å². The Kier molecular flexibility index (Phi) is 3.90. The second-order valence-corrected chi connectivity index (χ2v) is 6.79. The minimum atomic E-state index is -0.345. The summed E-state index contributed by atoms with van der Waals surface area (Å²) in [4.78, 5) is 14.9. The SMILES string of the molecule is N#Cc1ccc(CN2CCC3(COc4ccccc4C(=O)N3)C2)cc1. The van der Waals surface area contributed by atoms with E-state index in [1.807, 2.05) is 42.5 Å². The molecule has 2 aromatic rings. The van der Waals surface area contributed by atoms with Crippen LogP contribution < -0.4 is 10.1 Å². The lowest BCUT2D eigenvalue weighted by molar-refractivity contribution is 0.0888. The number of fused-ring (bicyclic) bond motifs is 1. The number of nitriles is 1. The zero-order chi connectivity index (χ0) is 17.3. The number of rotatable bonds is 2. The fourth-order valence-corrected chi connectivity index (χ4v) is 3.60. The van der Waals surface area contributed by atoms with Gasteiger partial charge in [-0.1, -0.05) is 24.3 Å². The Morgan fingerprint density at radius 3 is 2.80 bits per heavy atom. The summed E-state index contributed by atoms with van der Waals surface area (Å²) in [6, 6.07) is 17.2. The number of likely N-dealkylation sites (tertiary alicyclic amines) is 1. The number of benzene rings is 2. The molecule has 1 fully saturated rings. The van der Waals surface area contributed by atoms with Crippen LogP contribution in [0.2, 0.25) is 0 Å². The molecule has 0 aliphatic carbocycles. The number of ether oxygens (including phenoxy) is 1. The maximum atomic E-state index is 12.6. The smallest absolute Gasteiger partial charge is 0.255 e. The highest BCUT2D eigenvalue weighted by atomic mass is 16.5. The molecule has 1 spiro atoms. The van der Waals surface area contributed by atoms with E-state index in [1.165, 1.54) is 5.56 Å². The summed E-state index contributed by atoms with van der Waals surface area (Å²) in [5, 5.41) is 12.1. The summed E-state index contributed by atoms with van der Waals surface area (Å²) in [5.74, 6) is 0.593. The maximum absolute atomic E-state index is 12.6. The fraction of sp³-hybridized carbons (Fsp3) is 0.300. The Balaban J connectivity index is 1.46. The Morgan fingerprint density at radius 2 is 2.00 bits per heavy atom. The number of carbonyl (C=O) groups is 1. The molecule has 5 heteroatoms. The molecule has 0 bridgehead atoms. The summed E-state index contributed by atoms with van der Waals surface area (Å²) < 4.78 is 5.94. The lowest BCUT2D eigenvalue weighted by Gasteiger charge is -2.28. The zero-order valence-corrected chi connectivity index (χ0v) is 13.9. The Morgan fingerprint density at radius 1 is 1.20 bits per heavy atom. The van der Waals surface area contributed by atoms with Gasteiger partial charge in [-0.2, -0.15) is 5.26 Å². The van der Waals surface area contributed by atoms with Crippen LogP contribution in [0.3, 0.4) is 0 Å². The van der Waals surface area contributed by atoms with Crippen molar-refractivity contribution in [1.29, 1.82) is 5.26 Å². The van der Waals surface area contributed by atoms with Crippen LogP contribution in [0.25, 0.3) is 0 Å². The normalized spacial score (nSPS) is 22.6. The first kappa shape index (κ1) is 15.7. The van der Waals surface area contributed by atoms with Gasteiger partial charge in [0, 0.05) is 19.6 Å². The molecule has 2 aliphatic heterocycles. The standard InChI is InChI=1S/C20H19N3O2/c21-11-15-5-7-16(8-6-15)12-23-10-9-20(13-23)14-25-18-4-2-1-3-17(18)19(24)22-20/h1-8H,9-10,12-14H2,(H,22,24). The fourth-order valence-electron chi connectivity index (χ4n) is 3.60. The van der Waals surface area contributed by atoms with Crippen LogP contribution in [-0.4, -0.2) is 36.0 Å². The van der Waals surface area contributed by atoms with Gasteiger partial charge in [-0.25, -0.2) is 0 Å². The first-order valence-electron chi connectivity index (χ1n) is 8.43. The van der Waals surface area contributed by atoms with Crippen molar-refractivity contribution in [3.05, 3.63) is 65.2 Å². The topological polar surface area (TPSA) is 65.4 Å². The first-order valence-corrected chi connectivity index (χ1v) is 8.43. The molecule has 1 saturated heterocycles. The highest BCUT2D eigenvalue weighted by Gasteiger charge is 2.42. The van der Waals surface area contributed by atoms with Gasteiger partial charge in [0.05, 0.1) is 22.7 Å². The average molecular weight is 333 g/mol. The van der Waals surface area contributed by atoms with Gasteiger partial charge < -0.3 is 10.1 Å². The largest absolute Gasteiger partial charge is 0.490 e. The van der Waals surface area contributed by atoms with E-state index < -0.39 is 0 Å². The monoisotopic (exact) mass is 333 g/mol. The highest BCUT2D eigenvalue weighted by molar-refractivity contribution is 5.97. The molecule has 1 atom stereocenters. The summed E-state index contributed by atoms with van der Waals surface area (Å²) in [7, 11) is 0. The molecular formula is C20H19N3O2. The van der Waals surface area contributed by atoms with Gasteiger partial charge in [0.25, 0.3) is 5.91 Å². The first-order chi connectivity index (χ1) is 12.2. The minimum absolute atomic E-state index is 0.0617. The van der Waals surface area contributed by atoms with E-state index in [2.05, 4.69) is 16.3 Å². The minimum Gasteiger partial charge on any atom is -0.490 e. The second kappa shape index (κ2) is 6.23. The van der Waals surface area contributed by atoms with Crippen LogP contribution in [0.5, 0.6) is 5.75 Å². The van der Waals surface area contributed by atoms with Crippen molar-refractivity contribution in [2.75, 3.05) is 19.7 Å². The summed E-state index contributed by atoms with van der Waals surface area (Å²) in [6.07, 6.45) is 0.864. The van der Waals surface area contributed by atoms with Gasteiger partial charge in [0.2, 0.25) is 0 Å². The number of nitrogens with one attached hydrogen (secondary N) is 1. The molecule has 2 heterocycles. The average Bonchev–Trinajstić information content (AvgIpc) is 2.97. The van der Waals surface area contributed by atoms with Crippen LogP contribution in [0.15, 0.2) is 48.5 Å². The molecule has 126 valence electrons. The van der Waals surface area contributed by atoms with E-state index in [0.29, 0.717) is 23.5 Å². The predicted octanol–water partition coefficient (Wildman–Crippen LogP) is 2.33. The molecule has 2 aliphatic rings. The van der Waals surface area contributed by atoms with Crippen molar-refractivity contribution in [2.45, 2.75) is 18.5 Å². The maximum Gasteiger partial charge on any atom is 0.255 e. The summed E-state index contributed by atoms with van der Waals surface area (Å²) in [6.45, 7) is 2.95. The van der Waals surface area contributed by atoms with E-state index in [1.54, 1.807) is 6.07 Å². The van der Waals surface area contributed by atoms with Crippen molar-refractivity contribution in [1.82, 2.24) is 10.2 Å². The molecule has 2 aromatic carbocycles. The molecular weight excluding hydrogens is 314 g/mol. The number of hydrogen-bond acceptors (Lipinski definition) is 4. The predicted molar refractivity (Wildman–Crippen MR) is 93.2 cm³/mol. The molecule has 4 rings (SSSR count). The van der Waals surface area contributed by atoms with E-state index >= 15 is 0 Å². The summed E-state index contributed by atoms with van der Waals surface area (Å²) in [5.41, 5.74) is 2.09. The van der Waals surface area contributed by atoms with Gasteiger partial charge in [-0.15, -0.1) is 0 Å². The van der Waals surface area contributed by atoms with E-state index in [4.69, 9.17) is 10.00 Å². The van der Waals surface area contributed by atoms with E-state index in [-0.39, 0.29) is 11.4 Å². The quantitative estimate of drug-likeness (QED) is 0.916. The second-order valence-electron chi connectivity index (χ2n) is 6.79. The molecule has 1 amide bonds. The van der Waals surface area contributed by atoms with Crippen molar-refractivity contribution >= 4 is 5.91 Å². The molecule has 0 radical (unpaired) electrons. The lowest BCUT2D eigenvalue weighted by atomic mass is 9.99. The number of para-hydroxylation sites is 1. The molecule has 1 N–H and O–H groups in total. The number of hydrogen-bond donors (Lipinski definition) is 1. The van der Waals surface area contributed by atoms with Crippen LogP contribution in [0, 0.1) is 11.3 Å². The number of nitrogens with zero attached hydrogens (tertiary/aromatic N) is 2. The molecule has 5 nitrogen and oxygen atoms in total. The van der Waals surface area contributed by atoms with Crippen molar-refractivity contribution < 1.29 is 9.53 Å². The van der Waals surface area contributed by atoms with Crippen LogP contribution in [0.4, 0.5) is 0 Å². The third-order valence-corrected chi connectivity index (χ3v) is 4.94. The Bertz CT molecular complexity index is 841. The third kappa shape index (κ3) is 3.09. The van der Waals surface area contributed by atoms with Gasteiger partial charge >= 0.3 is 0 Å². The molecule has 1 unspecified atom stereocenters. The summed E-state index contributed by atoms with van der Waals surface area (Å²) >= 11 is 0. The highest BCUT2D eigenvalue weighted by Crippen LogP contribution is 2.29. The van der Waals surface area contributed by atoms with Crippen molar-refractivity contribution in [3.8, 4) is 11.8 Å². The third-order valence-electron chi connectivity index (χ3n) is 4.94. The Hall–Kier alpha value is -2.84.